The number of likely N-dealkylation sites (tertiary alicyclic amines) is 1. The monoisotopic (exact) mass is 448 g/mol. The van der Waals surface area contributed by atoms with Crippen molar-refractivity contribution >= 4 is 33.0 Å². The third kappa shape index (κ3) is 3.86. The van der Waals surface area contributed by atoms with E-state index in [9.17, 15) is 13.6 Å². The first kappa shape index (κ1) is 20.6. The number of nitrogens with one attached hydrogen (secondary N) is 1. The number of para-hydroxylation sites is 1. The Morgan fingerprint density at radius 2 is 1.69 bits per heavy atom. The first-order valence-electron chi connectivity index (χ1n) is 10.7. The second kappa shape index (κ2) is 8.71. The van der Waals surface area contributed by atoms with Crippen molar-refractivity contribution in [3.05, 3.63) is 101 Å². The molecule has 1 aromatic heterocycles. The van der Waals surface area contributed by atoms with E-state index in [2.05, 4.69) is 5.32 Å². The van der Waals surface area contributed by atoms with Crippen LogP contribution in [-0.2, 0) is 4.79 Å². The number of carbonyl (C=O) groups excluding carboxylic acids is 1. The predicted molar refractivity (Wildman–Crippen MR) is 125 cm³/mol. The molecule has 1 amide bonds. The average Bonchev–Trinajstić information content (AvgIpc) is 3.45. The molecule has 0 spiro atoms. The Bertz CT molecular complexity index is 1240. The topological polar surface area (TPSA) is 32.3 Å². The third-order valence-corrected chi connectivity index (χ3v) is 7.13. The number of hydrogen-bond donors (Lipinski definition) is 1. The van der Waals surface area contributed by atoms with Crippen LogP contribution in [0.3, 0.4) is 0 Å². The molecule has 5 rings (SSSR count). The van der Waals surface area contributed by atoms with Crippen molar-refractivity contribution in [3.8, 4) is 0 Å². The summed E-state index contributed by atoms with van der Waals surface area (Å²) in [4.78, 5) is 16.4. The van der Waals surface area contributed by atoms with Crippen LogP contribution in [0.25, 0.3) is 10.1 Å². The molecule has 0 bridgehead atoms. The summed E-state index contributed by atoms with van der Waals surface area (Å²) in [5, 5.41) is 4.17. The lowest BCUT2D eigenvalue weighted by atomic mass is 10.0. The van der Waals surface area contributed by atoms with Crippen molar-refractivity contribution in [2.24, 2.45) is 0 Å². The van der Waals surface area contributed by atoms with Crippen molar-refractivity contribution in [1.29, 1.82) is 0 Å². The van der Waals surface area contributed by atoms with E-state index in [1.165, 1.54) is 23.5 Å². The van der Waals surface area contributed by atoms with Gasteiger partial charge in [0.05, 0.1) is 11.7 Å². The first-order valence-corrected chi connectivity index (χ1v) is 11.5. The molecule has 2 heterocycles. The van der Waals surface area contributed by atoms with Crippen LogP contribution >= 0.6 is 11.3 Å². The van der Waals surface area contributed by atoms with Crippen molar-refractivity contribution in [1.82, 2.24) is 4.90 Å². The number of rotatable bonds is 5. The molecule has 2 atom stereocenters. The molecule has 1 fully saturated rings. The Kier molecular flexibility index (Phi) is 5.62. The average molecular weight is 449 g/mol. The van der Waals surface area contributed by atoms with Crippen molar-refractivity contribution in [2.45, 2.75) is 24.9 Å². The zero-order chi connectivity index (χ0) is 22.1. The molecule has 1 N–H and O–H groups in total. The Hall–Kier alpha value is -3.25. The smallest absolute Gasteiger partial charge is 0.251 e. The third-order valence-electron chi connectivity index (χ3n) is 5.95. The van der Waals surface area contributed by atoms with Gasteiger partial charge in [-0.3, -0.25) is 4.79 Å². The maximum atomic E-state index is 14.5. The standard InChI is InChI=1S/C26H22F2N2OS/c27-19-10-3-2-9-18(19)22-13-7-15-30(22)26(31)25(29-21-12-5-4-11-20(21)28)24-16-17-8-1-6-14-23(17)32-24/h1-6,8-12,14,16,22,25,29H,7,13,15H2. The Labute approximate surface area is 189 Å². The number of thiophene rings is 1. The Balaban J connectivity index is 1.54. The van der Waals surface area contributed by atoms with Gasteiger partial charge in [-0.2, -0.15) is 0 Å². The predicted octanol–water partition coefficient (Wildman–Crippen LogP) is 6.70. The molecule has 32 heavy (non-hydrogen) atoms. The second-order valence-electron chi connectivity index (χ2n) is 7.95. The number of fused-ring (bicyclic) bond motifs is 1. The molecule has 6 heteroatoms. The molecule has 3 aromatic carbocycles. The first-order chi connectivity index (χ1) is 15.6. The van der Waals surface area contributed by atoms with E-state index in [4.69, 9.17) is 0 Å². The van der Waals surface area contributed by atoms with Crippen LogP contribution in [0, 0.1) is 11.6 Å². The van der Waals surface area contributed by atoms with Gasteiger partial charge in [0, 0.05) is 21.7 Å². The number of amides is 1. The van der Waals surface area contributed by atoms with Crippen LogP contribution in [0.15, 0.2) is 78.9 Å². The second-order valence-corrected chi connectivity index (χ2v) is 9.07. The van der Waals surface area contributed by atoms with Crippen molar-refractivity contribution < 1.29 is 13.6 Å². The highest BCUT2D eigenvalue weighted by molar-refractivity contribution is 7.19. The van der Waals surface area contributed by atoms with Crippen LogP contribution in [0.4, 0.5) is 14.5 Å². The van der Waals surface area contributed by atoms with Gasteiger partial charge in [0.2, 0.25) is 0 Å². The summed E-state index contributed by atoms with van der Waals surface area (Å²) >= 11 is 1.51. The minimum Gasteiger partial charge on any atom is -0.367 e. The lowest BCUT2D eigenvalue weighted by Gasteiger charge is -2.30. The molecule has 162 valence electrons. The minimum atomic E-state index is -0.767. The van der Waals surface area contributed by atoms with E-state index in [1.54, 1.807) is 41.3 Å². The van der Waals surface area contributed by atoms with E-state index < -0.39 is 11.9 Å². The van der Waals surface area contributed by atoms with Crippen LogP contribution in [0.5, 0.6) is 0 Å². The molecule has 2 unspecified atom stereocenters. The summed E-state index contributed by atoms with van der Waals surface area (Å²) in [6.07, 6.45) is 1.50. The van der Waals surface area contributed by atoms with Gasteiger partial charge in [0.15, 0.2) is 0 Å². The summed E-state index contributed by atoms with van der Waals surface area (Å²) in [7, 11) is 0. The lowest BCUT2D eigenvalue weighted by Crippen LogP contribution is -2.37. The molecule has 3 nitrogen and oxygen atoms in total. The highest BCUT2D eigenvalue weighted by atomic mass is 32.1. The van der Waals surface area contributed by atoms with Gasteiger partial charge < -0.3 is 10.2 Å². The minimum absolute atomic E-state index is 0.175. The quantitative estimate of drug-likeness (QED) is 0.369. The number of halogens is 2. The fourth-order valence-corrected chi connectivity index (χ4v) is 5.51. The van der Waals surface area contributed by atoms with Gasteiger partial charge >= 0.3 is 0 Å². The molecule has 4 aromatic rings. The number of benzene rings is 3. The lowest BCUT2D eigenvalue weighted by molar-refractivity contribution is -0.133. The van der Waals surface area contributed by atoms with E-state index >= 15 is 0 Å². The Morgan fingerprint density at radius 3 is 2.47 bits per heavy atom. The number of anilines is 1. The van der Waals surface area contributed by atoms with Gasteiger partial charge in [-0.25, -0.2) is 8.78 Å². The van der Waals surface area contributed by atoms with Gasteiger partial charge in [0.1, 0.15) is 17.7 Å². The number of carbonyl (C=O) groups is 1. The zero-order valence-electron chi connectivity index (χ0n) is 17.3. The summed E-state index contributed by atoms with van der Waals surface area (Å²) in [5.41, 5.74) is 0.796. The van der Waals surface area contributed by atoms with Gasteiger partial charge in [-0.1, -0.05) is 48.5 Å². The largest absolute Gasteiger partial charge is 0.367 e. The molecule has 1 aliphatic rings. The molecule has 0 aliphatic carbocycles. The zero-order valence-corrected chi connectivity index (χ0v) is 18.1. The number of hydrogen-bond acceptors (Lipinski definition) is 3. The fourth-order valence-electron chi connectivity index (χ4n) is 4.40. The van der Waals surface area contributed by atoms with Crippen LogP contribution < -0.4 is 5.32 Å². The molecular weight excluding hydrogens is 426 g/mol. The maximum Gasteiger partial charge on any atom is 0.251 e. The Morgan fingerprint density at radius 1 is 0.969 bits per heavy atom. The normalized spacial score (nSPS) is 16.9. The van der Waals surface area contributed by atoms with Crippen LogP contribution in [0.2, 0.25) is 0 Å². The van der Waals surface area contributed by atoms with E-state index in [1.807, 2.05) is 30.3 Å². The van der Waals surface area contributed by atoms with Gasteiger partial charge in [-0.15, -0.1) is 11.3 Å². The SMILES string of the molecule is O=C(C(Nc1ccccc1F)c1cc2ccccc2s1)N1CCCC1c1ccccc1F. The summed E-state index contributed by atoms with van der Waals surface area (Å²) in [6, 6.07) is 21.7. The summed E-state index contributed by atoms with van der Waals surface area (Å²) < 4.78 is 30.1. The molecule has 0 radical (unpaired) electrons. The molecular formula is C26H22F2N2OS. The van der Waals surface area contributed by atoms with Crippen LogP contribution in [-0.4, -0.2) is 17.4 Å². The molecule has 0 saturated carbocycles. The van der Waals surface area contributed by atoms with E-state index in [-0.39, 0.29) is 23.5 Å². The van der Waals surface area contributed by atoms with Crippen LogP contribution in [0.1, 0.15) is 35.4 Å². The number of nitrogens with zero attached hydrogens (tertiary/aromatic N) is 1. The maximum absolute atomic E-state index is 14.5. The molecule has 1 saturated heterocycles. The molecule has 1 aliphatic heterocycles. The van der Waals surface area contributed by atoms with Crippen molar-refractivity contribution in [3.63, 3.8) is 0 Å². The van der Waals surface area contributed by atoms with Gasteiger partial charge in [-0.05, 0) is 48.6 Å². The van der Waals surface area contributed by atoms with E-state index in [0.717, 1.165) is 21.4 Å². The van der Waals surface area contributed by atoms with Gasteiger partial charge in [0.25, 0.3) is 5.91 Å². The van der Waals surface area contributed by atoms with E-state index in [0.29, 0.717) is 18.5 Å². The summed E-state index contributed by atoms with van der Waals surface area (Å²) in [5.74, 6) is -0.901. The highest BCUT2D eigenvalue weighted by Gasteiger charge is 2.36. The van der Waals surface area contributed by atoms with Crippen molar-refractivity contribution in [2.75, 3.05) is 11.9 Å². The highest BCUT2D eigenvalue weighted by Crippen LogP contribution is 2.38. The fraction of sp³-hybridized carbons (Fsp3) is 0.192. The summed E-state index contributed by atoms with van der Waals surface area (Å²) in [6.45, 7) is 0.540.